The number of anilines is 1. The van der Waals surface area contributed by atoms with Crippen LogP contribution >= 0.6 is 22.9 Å². The van der Waals surface area contributed by atoms with Gasteiger partial charge in [-0.2, -0.15) is 0 Å². The van der Waals surface area contributed by atoms with E-state index in [0.717, 1.165) is 38.5 Å². The van der Waals surface area contributed by atoms with Gasteiger partial charge >= 0.3 is 0 Å². The van der Waals surface area contributed by atoms with Gasteiger partial charge in [0.25, 0.3) is 11.8 Å². The number of benzene rings is 1. The number of rotatable bonds is 4. The second-order valence-electron chi connectivity index (χ2n) is 7.60. The first-order valence-corrected chi connectivity index (χ1v) is 11.3. The highest BCUT2D eigenvalue weighted by atomic mass is 35.5. The standard InChI is InChI=1S/C22H23ClN2O3S/c23-15-9-11-17(12-10-15)25-20(26)14-18(21(25)27)24(16-6-3-1-2-4-7-16)22(28)19-8-5-13-29-19/h5,8-13,16,18H,1-4,6-7,14H2. The van der Waals surface area contributed by atoms with Crippen LogP contribution in [0.25, 0.3) is 0 Å². The molecule has 152 valence electrons. The van der Waals surface area contributed by atoms with Gasteiger partial charge in [-0.05, 0) is 48.6 Å². The molecule has 1 atom stereocenters. The Bertz CT molecular complexity index is 889. The van der Waals surface area contributed by atoms with Crippen molar-refractivity contribution in [2.45, 2.75) is 57.0 Å². The lowest BCUT2D eigenvalue weighted by Gasteiger charge is -2.34. The van der Waals surface area contributed by atoms with Crippen LogP contribution in [0.5, 0.6) is 0 Å². The molecule has 1 unspecified atom stereocenters. The molecule has 4 rings (SSSR count). The van der Waals surface area contributed by atoms with Gasteiger partial charge in [-0.15, -0.1) is 11.3 Å². The van der Waals surface area contributed by atoms with E-state index in [4.69, 9.17) is 11.6 Å². The lowest BCUT2D eigenvalue weighted by Crippen LogP contribution is -2.50. The number of halogens is 1. The van der Waals surface area contributed by atoms with Crippen LogP contribution in [0.3, 0.4) is 0 Å². The van der Waals surface area contributed by atoms with Crippen LogP contribution in [0.2, 0.25) is 5.02 Å². The Morgan fingerprint density at radius 1 is 1.03 bits per heavy atom. The predicted molar refractivity (Wildman–Crippen MR) is 114 cm³/mol. The molecule has 0 spiro atoms. The number of carbonyl (C=O) groups is 3. The third-order valence-corrected chi connectivity index (χ3v) is 6.84. The Morgan fingerprint density at radius 2 is 1.72 bits per heavy atom. The summed E-state index contributed by atoms with van der Waals surface area (Å²) in [6.45, 7) is 0. The highest BCUT2D eigenvalue weighted by Crippen LogP contribution is 2.32. The zero-order valence-corrected chi connectivity index (χ0v) is 17.6. The van der Waals surface area contributed by atoms with E-state index in [1.165, 1.54) is 16.2 Å². The summed E-state index contributed by atoms with van der Waals surface area (Å²) in [6.07, 6.45) is 6.13. The zero-order chi connectivity index (χ0) is 20.4. The monoisotopic (exact) mass is 430 g/mol. The molecule has 2 aliphatic rings. The Balaban J connectivity index is 1.66. The maximum absolute atomic E-state index is 13.4. The summed E-state index contributed by atoms with van der Waals surface area (Å²) in [5.41, 5.74) is 0.497. The van der Waals surface area contributed by atoms with Crippen LogP contribution in [0, 0.1) is 0 Å². The van der Waals surface area contributed by atoms with Crippen LogP contribution in [-0.4, -0.2) is 34.7 Å². The molecule has 2 aromatic rings. The number of hydrogen-bond acceptors (Lipinski definition) is 4. The van der Waals surface area contributed by atoms with Crippen molar-refractivity contribution in [1.29, 1.82) is 0 Å². The topological polar surface area (TPSA) is 57.7 Å². The van der Waals surface area contributed by atoms with Gasteiger partial charge in [0.1, 0.15) is 6.04 Å². The number of carbonyl (C=O) groups excluding carboxylic acids is 3. The van der Waals surface area contributed by atoms with Crippen molar-refractivity contribution in [1.82, 2.24) is 4.90 Å². The van der Waals surface area contributed by atoms with Crippen LogP contribution in [-0.2, 0) is 9.59 Å². The zero-order valence-electron chi connectivity index (χ0n) is 16.1. The molecular formula is C22H23ClN2O3S. The summed E-state index contributed by atoms with van der Waals surface area (Å²) in [5.74, 6) is -0.748. The summed E-state index contributed by atoms with van der Waals surface area (Å²) in [7, 11) is 0. The van der Waals surface area contributed by atoms with E-state index in [9.17, 15) is 14.4 Å². The second kappa shape index (κ2) is 8.67. The minimum absolute atomic E-state index is 0.0148. The van der Waals surface area contributed by atoms with Crippen molar-refractivity contribution >= 4 is 46.3 Å². The van der Waals surface area contributed by atoms with E-state index in [1.807, 2.05) is 11.4 Å². The van der Waals surface area contributed by atoms with Crippen molar-refractivity contribution in [3.8, 4) is 0 Å². The SMILES string of the molecule is O=C1CC(N(C(=O)c2cccs2)C2CCCCCC2)C(=O)N1c1ccc(Cl)cc1. The highest BCUT2D eigenvalue weighted by Gasteiger charge is 2.46. The van der Waals surface area contributed by atoms with E-state index in [2.05, 4.69) is 0 Å². The number of thiophene rings is 1. The van der Waals surface area contributed by atoms with E-state index in [0.29, 0.717) is 15.6 Å². The van der Waals surface area contributed by atoms with Crippen molar-refractivity contribution in [3.05, 3.63) is 51.7 Å². The molecule has 1 aliphatic heterocycles. The fourth-order valence-corrected chi connectivity index (χ4v) is 5.11. The van der Waals surface area contributed by atoms with Gasteiger partial charge in [-0.1, -0.05) is 43.4 Å². The maximum Gasteiger partial charge on any atom is 0.264 e. The average molecular weight is 431 g/mol. The molecule has 3 amide bonds. The van der Waals surface area contributed by atoms with Gasteiger partial charge in [-0.3, -0.25) is 14.4 Å². The Kier molecular flexibility index (Phi) is 6.01. The lowest BCUT2D eigenvalue weighted by molar-refractivity contribution is -0.123. The van der Waals surface area contributed by atoms with E-state index in [-0.39, 0.29) is 30.2 Å². The summed E-state index contributed by atoms with van der Waals surface area (Å²) < 4.78 is 0. The Hall–Kier alpha value is -2.18. The molecule has 1 saturated heterocycles. The number of amides is 3. The summed E-state index contributed by atoms with van der Waals surface area (Å²) in [4.78, 5) is 43.0. The van der Waals surface area contributed by atoms with Gasteiger partial charge in [0.15, 0.2) is 0 Å². The molecule has 2 fully saturated rings. The summed E-state index contributed by atoms with van der Waals surface area (Å²) >= 11 is 7.32. The average Bonchev–Trinajstić information content (AvgIpc) is 3.25. The molecule has 2 heterocycles. The molecule has 7 heteroatoms. The third-order valence-electron chi connectivity index (χ3n) is 5.73. The maximum atomic E-state index is 13.4. The minimum Gasteiger partial charge on any atom is -0.322 e. The van der Waals surface area contributed by atoms with Crippen LogP contribution in [0.4, 0.5) is 5.69 Å². The first kappa shape index (κ1) is 20.1. The van der Waals surface area contributed by atoms with E-state index >= 15 is 0 Å². The first-order chi connectivity index (χ1) is 14.1. The van der Waals surface area contributed by atoms with Gasteiger partial charge in [0, 0.05) is 11.1 Å². The fourth-order valence-electron chi connectivity index (χ4n) is 4.32. The molecule has 1 aromatic heterocycles. The van der Waals surface area contributed by atoms with Crippen molar-refractivity contribution in [3.63, 3.8) is 0 Å². The van der Waals surface area contributed by atoms with Crippen LogP contribution < -0.4 is 4.90 Å². The van der Waals surface area contributed by atoms with E-state index in [1.54, 1.807) is 35.2 Å². The fraction of sp³-hybridized carbons (Fsp3) is 0.409. The molecule has 0 N–H and O–H groups in total. The number of imide groups is 1. The van der Waals surface area contributed by atoms with Gasteiger partial charge in [0.2, 0.25) is 5.91 Å². The normalized spacial score (nSPS) is 20.7. The number of nitrogens with zero attached hydrogens (tertiary/aromatic N) is 2. The van der Waals surface area contributed by atoms with Gasteiger partial charge in [0.05, 0.1) is 17.0 Å². The smallest absolute Gasteiger partial charge is 0.264 e. The van der Waals surface area contributed by atoms with Crippen molar-refractivity contribution < 1.29 is 14.4 Å². The van der Waals surface area contributed by atoms with Gasteiger partial charge in [-0.25, -0.2) is 4.90 Å². The first-order valence-electron chi connectivity index (χ1n) is 10.0. The number of hydrogen-bond donors (Lipinski definition) is 0. The highest BCUT2D eigenvalue weighted by molar-refractivity contribution is 7.12. The molecule has 1 saturated carbocycles. The molecule has 29 heavy (non-hydrogen) atoms. The largest absolute Gasteiger partial charge is 0.322 e. The molecule has 0 radical (unpaired) electrons. The van der Waals surface area contributed by atoms with Crippen molar-refractivity contribution in [2.75, 3.05) is 4.90 Å². The Labute approximate surface area is 179 Å². The van der Waals surface area contributed by atoms with Gasteiger partial charge < -0.3 is 4.90 Å². The Morgan fingerprint density at radius 3 is 2.34 bits per heavy atom. The molecule has 1 aliphatic carbocycles. The molecular weight excluding hydrogens is 408 g/mol. The minimum atomic E-state index is -0.754. The van der Waals surface area contributed by atoms with Crippen LogP contribution in [0.1, 0.15) is 54.6 Å². The quantitative estimate of drug-likeness (QED) is 0.512. The summed E-state index contributed by atoms with van der Waals surface area (Å²) in [5, 5.41) is 2.40. The van der Waals surface area contributed by atoms with E-state index < -0.39 is 6.04 Å². The molecule has 5 nitrogen and oxygen atoms in total. The van der Waals surface area contributed by atoms with Crippen LogP contribution in [0.15, 0.2) is 41.8 Å². The summed E-state index contributed by atoms with van der Waals surface area (Å²) in [6, 6.07) is 9.50. The molecule has 1 aromatic carbocycles. The van der Waals surface area contributed by atoms with Crippen molar-refractivity contribution in [2.24, 2.45) is 0 Å². The lowest BCUT2D eigenvalue weighted by atomic mass is 10.0. The third kappa shape index (κ3) is 4.09. The molecule has 0 bridgehead atoms. The second-order valence-corrected chi connectivity index (χ2v) is 8.98. The predicted octanol–water partition coefficient (Wildman–Crippen LogP) is 4.90.